The maximum absolute atomic E-state index is 9.88. The van der Waals surface area contributed by atoms with Gasteiger partial charge in [-0.05, 0) is 6.42 Å². The molecule has 0 aliphatic carbocycles. The second-order valence-electron chi connectivity index (χ2n) is 1.88. The molecule has 0 aliphatic rings. The van der Waals surface area contributed by atoms with Crippen molar-refractivity contribution >= 4 is 35.5 Å². The van der Waals surface area contributed by atoms with Crippen LogP contribution in [0.3, 0.4) is 0 Å². The van der Waals surface area contributed by atoms with Crippen molar-refractivity contribution < 1.29 is 9.90 Å². The third-order valence-electron chi connectivity index (χ3n) is 0.985. The first kappa shape index (κ1) is 12.8. The molecule has 0 spiro atoms. The van der Waals surface area contributed by atoms with Gasteiger partial charge in [-0.2, -0.15) is 0 Å². The number of aliphatic carboxylic acids is 1. The first-order valence-corrected chi connectivity index (χ1v) is 3.17. The van der Waals surface area contributed by atoms with Crippen molar-refractivity contribution in [2.45, 2.75) is 26.2 Å². The molecule has 0 aromatic rings. The smallest absolute Gasteiger partial charge is 0.327 e. The molecule has 2 nitrogen and oxygen atoms in total. The largest absolute Gasteiger partial charge is 0.478 e. The van der Waals surface area contributed by atoms with Gasteiger partial charge in [0.15, 0.2) is 0 Å². The fourth-order valence-corrected chi connectivity index (χ4v) is 0.506. The zero-order chi connectivity index (χ0) is 7.11. The third kappa shape index (κ3) is 11.1. The van der Waals surface area contributed by atoms with Gasteiger partial charge >= 0.3 is 5.97 Å². The molecule has 0 atom stereocenters. The summed E-state index contributed by atoms with van der Waals surface area (Å²) in [6, 6.07) is 0. The van der Waals surface area contributed by atoms with Crippen molar-refractivity contribution in [3.05, 3.63) is 12.2 Å². The number of carboxylic acids is 1. The van der Waals surface area contributed by atoms with Gasteiger partial charge in [-0.25, -0.2) is 4.79 Å². The fraction of sp³-hybridized carbons (Fsp3) is 0.571. The normalized spacial score (nSPS) is 9.30. The Morgan fingerprint density at radius 3 is 2.60 bits per heavy atom. The molecule has 53 valence electrons. The number of hydrogen-bond acceptors (Lipinski definition) is 1. The molecule has 1 radical (unpaired) electrons. The molecule has 0 aliphatic heterocycles. The molecular formula is C7H12NaO2. The van der Waals surface area contributed by atoms with Crippen molar-refractivity contribution in [1.29, 1.82) is 0 Å². The van der Waals surface area contributed by atoms with E-state index in [1.165, 1.54) is 6.08 Å². The van der Waals surface area contributed by atoms with Gasteiger partial charge in [0, 0.05) is 35.6 Å². The molecule has 0 aromatic carbocycles. The van der Waals surface area contributed by atoms with Crippen LogP contribution in [0.2, 0.25) is 0 Å². The quantitative estimate of drug-likeness (QED) is 0.375. The minimum Gasteiger partial charge on any atom is -0.478 e. The number of hydrogen-bond donors (Lipinski definition) is 1. The number of carboxylic acid groups (broad SMARTS) is 1. The minimum absolute atomic E-state index is 0. The Bertz CT molecular complexity index is 110. The van der Waals surface area contributed by atoms with Crippen LogP contribution in [-0.4, -0.2) is 40.6 Å². The Morgan fingerprint density at radius 2 is 2.20 bits per heavy atom. The van der Waals surface area contributed by atoms with Gasteiger partial charge in [0.2, 0.25) is 0 Å². The van der Waals surface area contributed by atoms with Crippen LogP contribution in [0, 0.1) is 0 Å². The summed E-state index contributed by atoms with van der Waals surface area (Å²) in [4.78, 5) is 9.88. The monoisotopic (exact) mass is 151 g/mol. The molecule has 0 saturated carbocycles. The second-order valence-corrected chi connectivity index (χ2v) is 1.88. The van der Waals surface area contributed by atoms with E-state index < -0.39 is 5.97 Å². The van der Waals surface area contributed by atoms with Crippen LogP contribution in [-0.2, 0) is 4.79 Å². The molecule has 1 N–H and O–H groups in total. The van der Waals surface area contributed by atoms with Gasteiger partial charge in [-0.15, -0.1) is 0 Å². The summed E-state index contributed by atoms with van der Waals surface area (Å²) in [5.74, 6) is -0.855. The third-order valence-corrected chi connectivity index (χ3v) is 0.985. The first-order valence-electron chi connectivity index (χ1n) is 3.17. The molecule has 0 heterocycles. The first-order chi connectivity index (χ1) is 4.27. The predicted molar refractivity (Wildman–Crippen MR) is 42.1 cm³/mol. The van der Waals surface area contributed by atoms with Gasteiger partial charge in [0.1, 0.15) is 0 Å². The van der Waals surface area contributed by atoms with E-state index in [2.05, 4.69) is 6.92 Å². The van der Waals surface area contributed by atoms with Crippen LogP contribution in [0.25, 0.3) is 0 Å². The van der Waals surface area contributed by atoms with E-state index in [9.17, 15) is 4.79 Å². The van der Waals surface area contributed by atoms with Crippen LogP contribution in [0.15, 0.2) is 12.2 Å². The van der Waals surface area contributed by atoms with E-state index in [1.807, 2.05) is 0 Å². The standard InChI is InChI=1S/C7H12O2.Na/c1-2-3-4-5-6-7(8)9;/h5-6H,2-4H2,1H3,(H,8,9);. The maximum Gasteiger partial charge on any atom is 0.327 e. The van der Waals surface area contributed by atoms with Crippen molar-refractivity contribution in [2.75, 3.05) is 0 Å². The average Bonchev–Trinajstić information content (AvgIpc) is 1.80. The van der Waals surface area contributed by atoms with Gasteiger partial charge in [0.05, 0.1) is 0 Å². The SMILES string of the molecule is CCCCC=CC(=O)O.[Na]. The van der Waals surface area contributed by atoms with Crippen LogP contribution in [0.4, 0.5) is 0 Å². The van der Waals surface area contributed by atoms with E-state index >= 15 is 0 Å². The Hall–Kier alpha value is 0.210. The molecule has 0 fully saturated rings. The zero-order valence-corrected chi connectivity index (χ0v) is 8.63. The number of carbonyl (C=O) groups is 1. The van der Waals surface area contributed by atoms with Crippen LogP contribution in [0.1, 0.15) is 26.2 Å². The summed E-state index contributed by atoms with van der Waals surface area (Å²) in [5.41, 5.74) is 0. The van der Waals surface area contributed by atoms with Crippen molar-refractivity contribution in [1.82, 2.24) is 0 Å². The Balaban J connectivity index is 0. The van der Waals surface area contributed by atoms with Crippen molar-refractivity contribution in [2.24, 2.45) is 0 Å². The molecule has 0 aromatic heterocycles. The van der Waals surface area contributed by atoms with Gasteiger partial charge in [-0.1, -0.05) is 25.8 Å². The van der Waals surface area contributed by atoms with E-state index in [4.69, 9.17) is 5.11 Å². The summed E-state index contributed by atoms with van der Waals surface area (Å²) < 4.78 is 0. The summed E-state index contributed by atoms with van der Waals surface area (Å²) in [7, 11) is 0. The molecule has 0 rings (SSSR count). The minimum atomic E-state index is -0.855. The molecule has 0 unspecified atom stereocenters. The number of unbranched alkanes of at least 4 members (excludes halogenated alkanes) is 2. The fourth-order valence-electron chi connectivity index (χ4n) is 0.506. The van der Waals surface area contributed by atoms with Crippen molar-refractivity contribution in [3.63, 3.8) is 0 Å². The molecule has 0 bridgehead atoms. The summed E-state index contributed by atoms with van der Waals surface area (Å²) >= 11 is 0. The number of allylic oxidation sites excluding steroid dienone is 1. The average molecular weight is 151 g/mol. The number of rotatable bonds is 4. The Labute approximate surface area is 83.6 Å². The summed E-state index contributed by atoms with van der Waals surface area (Å²) in [6.07, 6.45) is 5.94. The predicted octanol–water partition coefficient (Wildman–Crippen LogP) is 1.44. The van der Waals surface area contributed by atoms with E-state index in [0.717, 1.165) is 19.3 Å². The Kier molecular flexibility index (Phi) is 11.8. The molecule has 0 amide bonds. The van der Waals surface area contributed by atoms with Gasteiger partial charge in [0.25, 0.3) is 0 Å². The topological polar surface area (TPSA) is 37.3 Å². The van der Waals surface area contributed by atoms with Crippen LogP contribution < -0.4 is 0 Å². The zero-order valence-electron chi connectivity index (χ0n) is 6.63. The van der Waals surface area contributed by atoms with Gasteiger partial charge in [-0.3, -0.25) is 0 Å². The van der Waals surface area contributed by atoms with Gasteiger partial charge < -0.3 is 5.11 Å². The molecule has 0 saturated heterocycles. The summed E-state index contributed by atoms with van der Waals surface area (Å²) in [5, 5.41) is 8.13. The van der Waals surface area contributed by atoms with E-state index in [0.29, 0.717) is 0 Å². The molecule has 3 heteroatoms. The van der Waals surface area contributed by atoms with E-state index in [1.54, 1.807) is 6.08 Å². The molecular weight excluding hydrogens is 139 g/mol. The Morgan fingerprint density at radius 1 is 1.60 bits per heavy atom. The maximum atomic E-state index is 9.88. The van der Waals surface area contributed by atoms with Crippen molar-refractivity contribution in [3.8, 4) is 0 Å². The van der Waals surface area contributed by atoms with E-state index in [-0.39, 0.29) is 29.6 Å². The van der Waals surface area contributed by atoms with Crippen LogP contribution >= 0.6 is 0 Å². The van der Waals surface area contributed by atoms with Crippen LogP contribution in [0.5, 0.6) is 0 Å². The molecule has 10 heavy (non-hydrogen) atoms. The summed E-state index contributed by atoms with van der Waals surface area (Å²) in [6.45, 7) is 2.08. The second kappa shape index (κ2) is 9.21.